The minimum atomic E-state index is -0.0149. The van der Waals surface area contributed by atoms with E-state index in [0.29, 0.717) is 6.54 Å². The highest BCUT2D eigenvalue weighted by Crippen LogP contribution is 2.18. The SMILES string of the molecule is COc1ccccc1CCCNC(=O)c1cccc(CN2CCOCC2)c1. The number of hydrogen-bond acceptors (Lipinski definition) is 4. The van der Waals surface area contributed by atoms with E-state index in [4.69, 9.17) is 9.47 Å². The fourth-order valence-electron chi connectivity index (χ4n) is 3.32. The summed E-state index contributed by atoms with van der Waals surface area (Å²) in [4.78, 5) is 14.8. The van der Waals surface area contributed by atoms with Crippen molar-refractivity contribution in [3.63, 3.8) is 0 Å². The Morgan fingerprint density at radius 3 is 2.78 bits per heavy atom. The van der Waals surface area contributed by atoms with Crippen LogP contribution in [-0.4, -0.2) is 50.8 Å². The number of methoxy groups -OCH3 is 1. The van der Waals surface area contributed by atoms with Crippen molar-refractivity contribution in [3.05, 3.63) is 65.2 Å². The van der Waals surface area contributed by atoms with Crippen LogP contribution >= 0.6 is 0 Å². The van der Waals surface area contributed by atoms with Gasteiger partial charge in [-0.3, -0.25) is 9.69 Å². The highest BCUT2D eigenvalue weighted by molar-refractivity contribution is 5.94. The van der Waals surface area contributed by atoms with Crippen molar-refractivity contribution in [2.45, 2.75) is 19.4 Å². The molecule has 0 aliphatic carbocycles. The summed E-state index contributed by atoms with van der Waals surface area (Å²) in [6.45, 7) is 4.96. The van der Waals surface area contributed by atoms with Gasteiger partial charge in [0.1, 0.15) is 5.75 Å². The molecule has 5 heteroatoms. The van der Waals surface area contributed by atoms with E-state index in [1.54, 1.807) is 7.11 Å². The van der Waals surface area contributed by atoms with Crippen LogP contribution in [0, 0.1) is 0 Å². The van der Waals surface area contributed by atoms with Gasteiger partial charge in [0.05, 0.1) is 20.3 Å². The summed E-state index contributed by atoms with van der Waals surface area (Å²) in [7, 11) is 1.69. The topological polar surface area (TPSA) is 50.8 Å². The Labute approximate surface area is 161 Å². The fraction of sp³-hybridized carbons (Fsp3) is 0.409. The largest absolute Gasteiger partial charge is 0.496 e. The Balaban J connectivity index is 1.47. The molecule has 27 heavy (non-hydrogen) atoms. The summed E-state index contributed by atoms with van der Waals surface area (Å²) in [5.74, 6) is 0.887. The second kappa shape index (κ2) is 10.1. The van der Waals surface area contributed by atoms with Crippen LogP contribution in [-0.2, 0) is 17.7 Å². The molecule has 2 aromatic rings. The average Bonchev–Trinajstić information content (AvgIpc) is 2.72. The van der Waals surface area contributed by atoms with Gasteiger partial charge in [0.15, 0.2) is 0 Å². The quantitative estimate of drug-likeness (QED) is 0.728. The third kappa shape index (κ3) is 5.81. The molecule has 1 aliphatic rings. The predicted molar refractivity (Wildman–Crippen MR) is 106 cm³/mol. The zero-order chi connectivity index (χ0) is 18.9. The van der Waals surface area contributed by atoms with Gasteiger partial charge in [0, 0.05) is 31.7 Å². The lowest BCUT2D eigenvalue weighted by Gasteiger charge is -2.26. The van der Waals surface area contributed by atoms with Gasteiger partial charge in [-0.15, -0.1) is 0 Å². The van der Waals surface area contributed by atoms with Crippen molar-refractivity contribution in [3.8, 4) is 5.75 Å². The molecule has 3 rings (SSSR count). The summed E-state index contributed by atoms with van der Waals surface area (Å²) >= 11 is 0. The predicted octanol–water partition coefficient (Wildman–Crippen LogP) is 2.89. The molecule has 1 fully saturated rings. The van der Waals surface area contributed by atoms with Crippen LogP contribution in [0.3, 0.4) is 0 Å². The number of benzene rings is 2. The first-order valence-electron chi connectivity index (χ1n) is 9.55. The van der Waals surface area contributed by atoms with Crippen LogP contribution in [0.2, 0.25) is 0 Å². The third-order valence-electron chi connectivity index (χ3n) is 4.80. The zero-order valence-corrected chi connectivity index (χ0v) is 15.9. The van der Waals surface area contributed by atoms with Gasteiger partial charge in [0.25, 0.3) is 5.91 Å². The number of carbonyl (C=O) groups excluding carboxylic acids is 1. The average molecular weight is 368 g/mol. The maximum atomic E-state index is 12.5. The van der Waals surface area contributed by atoms with E-state index in [1.165, 1.54) is 11.1 Å². The van der Waals surface area contributed by atoms with Crippen LogP contribution < -0.4 is 10.1 Å². The molecule has 0 unspecified atom stereocenters. The van der Waals surface area contributed by atoms with Gasteiger partial charge in [-0.2, -0.15) is 0 Å². The highest BCUT2D eigenvalue weighted by Gasteiger charge is 2.12. The Morgan fingerprint density at radius 1 is 1.15 bits per heavy atom. The van der Waals surface area contributed by atoms with E-state index in [0.717, 1.165) is 57.0 Å². The number of para-hydroxylation sites is 1. The van der Waals surface area contributed by atoms with Gasteiger partial charge < -0.3 is 14.8 Å². The molecule has 144 valence electrons. The molecule has 5 nitrogen and oxygen atoms in total. The first kappa shape index (κ1) is 19.4. The number of rotatable bonds is 8. The smallest absolute Gasteiger partial charge is 0.251 e. The maximum Gasteiger partial charge on any atom is 0.251 e. The van der Waals surface area contributed by atoms with E-state index >= 15 is 0 Å². The van der Waals surface area contributed by atoms with Crippen LogP contribution in [0.1, 0.15) is 27.9 Å². The van der Waals surface area contributed by atoms with Crippen LogP contribution in [0.25, 0.3) is 0 Å². The molecular weight excluding hydrogens is 340 g/mol. The third-order valence-corrected chi connectivity index (χ3v) is 4.80. The lowest BCUT2D eigenvalue weighted by molar-refractivity contribution is 0.0342. The molecule has 1 aliphatic heterocycles. The minimum Gasteiger partial charge on any atom is -0.496 e. The molecule has 2 aromatic carbocycles. The number of hydrogen-bond donors (Lipinski definition) is 1. The number of amides is 1. The monoisotopic (exact) mass is 368 g/mol. The molecule has 1 amide bonds. The second-order valence-electron chi connectivity index (χ2n) is 6.76. The summed E-state index contributed by atoms with van der Waals surface area (Å²) < 4.78 is 10.8. The summed E-state index contributed by atoms with van der Waals surface area (Å²) in [5, 5.41) is 3.02. The van der Waals surface area contributed by atoms with Crippen molar-refractivity contribution in [1.82, 2.24) is 10.2 Å². The summed E-state index contributed by atoms with van der Waals surface area (Å²) in [5.41, 5.74) is 3.05. The van der Waals surface area contributed by atoms with Gasteiger partial charge in [-0.25, -0.2) is 0 Å². The Bertz CT molecular complexity index is 742. The van der Waals surface area contributed by atoms with Crippen LogP contribution in [0.4, 0.5) is 0 Å². The second-order valence-corrected chi connectivity index (χ2v) is 6.76. The highest BCUT2D eigenvalue weighted by atomic mass is 16.5. The number of carbonyl (C=O) groups is 1. The van der Waals surface area contributed by atoms with E-state index in [-0.39, 0.29) is 5.91 Å². The number of ether oxygens (including phenoxy) is 2. The molecule has 1 N–H and O–H groups in total. The van der Waals surface area contributed by atoms with Gasteiger partial charge in [0.2, 0.25) is 0 Å². The number of nitrogens with one attached hydrogen (secondary N) is 1. The van der Waals surface area contributed by atoms with E-state index in [9.17, 15) is 4.79 Å². The summed E-state index contributed by atoms with van der Waals surface area (Å²) in [6, 6.07) is 15.9. The standard InChI is InChI=1S/C22H28N2O3/c1-26-21-10-3-2-7-19(21)9-5-11-23-22(25)20-8-4-6-18(16-20)17-24-12-14-27-15-13-24/h2-4,6-8,10,16H,5,9,11-15,17H2,1H3,(H,23,25). The summed E-state index contributed by atoms with van der Waals surface area (Å²) in [6.07, 6.45) is 1.75. The van der Waals surface area contributed by atoms with Gasteiger partial charge in [-0.1, -0.05) is 30.3 Å². The molecule has 1 heterocycles. The first-order chi connectivity index (χ1) is 13.3. The van der Waals surface area contributed by atoms with Crippen molar-refractivity contribution < 1.29 is 14.3 Å². The fourth-order valence-corrected chi connectivity index (χ4v) is 3.32. The molecule has 0 radical (unpaired) electrons. The molecular formula is C22H28N2O3. The molecule has 1 saturated heterocycles. The first-order valence-corrected chi connectivity index (χ1v) is 9.55. The van der Waals surface area contributed by atoms with E-state index in [2.05, 4.69) is 22.3 Å². The lowest BCUT2D eigenvalue weighted by Crippen LogP contribution is -2.35. The van der Waals surface area contributed by atoms with Gasteiger partial charge in [-0.05, 0) is 42.2 Å². The maximum absolute atomic E-state index is 12.5. The molecule has 0 aromatic heterocycles. The number of aryl methyl sites for hydroxylation is 1. The number of morpholine rings is 1. The molecule has 0 saturated carbocycles. The Hall–Kier alpha value is -2.37. The van der Waals surface area contributed by atoms with Crippen LogP contribution in [0.5, 0.6) is 5.75 Å². The normalized spacial score (nSPS) is 14.7. The van der Waals surface area contributed by atoms with Gasteiger partial charge >= 0.3 is 0 Å². The van der Waals surface area contributed by atoms with Crippen LogP contribution in [0.15, 0.2) is 48.5 Å². The van der Waals surface area contributed by atoms with E-state index in [1.807, 2.05) is 36.4 Å². The van der Waals surface area contributed by atoms with Crippen molar-refractivity contribution in [2.24, 2.45) is 0 Å². The Kier molecular flexibility index (Phi) is 7.25. The molecule has 0 bridgehead atoms. The molecule has 0 atom stereocenters. The molecule has 0 spiro atoms. The lowest BCUT2D eigenvalue weighted by atomic mass is 10.1. The minimum absolute atomic E-state index is 0.0149. The van der Waals surface area contributed by atoms with E-state index < -0.39 is 0 Å². The number of nitrogens with zero attached hydrogens (tertiary/aromatic N) is 1. The Morgan fingerprint density at radius 2 is 1.96 bits per heavy atom. The van der Waals surface area contributed by atoms with Crippen molar-refractivity contribution >= 4 is 5.91 Å². The van der Waals surface area contributed by atoms with Crippen molar-refractivity contribution in [1.29, 1.82) is 0 Å². The van der Waals surface area contributed by atoms with Crippen molar-refractivity contribution in [2.75, 3.05) is 40.0 Å². The zero-order valence-electron chi connectivity index (χ0n) is 15.9.